The maximum atomic E-state index is 11.4. The van der Waals surface area contributed by atoms with Gasteiger partial charge < -0.3 is 4.74 Å². The zero-order valence-corrected chi connectivity index (χ0v) is 8.85. The van der Waals surface area contributed by atoms with Gasteiger partial charge in [0.15, 0.2) is 6.29 Å². The van der Waals surface area contributed by atoms with E-state index in [1.807, 2.05) is 0 Å². The summed E-state index contributed by atoms with van der Waals surface area (Å²) in [6.45, 7) is 3.37. The van der Waals surface area contributed by atoms with Gasteiger partial charge in [0.05, 0.1) is 25.2 Å². The lowest BCUT2D eigenvalue weighted by Gasteiger charge is -2.19. The number of hydrogen-bond donors (Lipinski definition) is 0. The topological polar surface area (TPSA) is 69.2 Å². The van der Waals surface area contributed by atoms with E-state index in [1.165, 1.54) is 19.5 Å². The molecule has 0 bridgehead atoms. The predicted octanol–water partition coefficient (Wildman–Crippen LogP) is 0.740. The normalized spacial score (nSPS) is 10.9. The van der Waals surface area contributed by atoms with Crippen LogP contribution in [-0.4, -0.2) is 29.3 Å². The zero-order valence-electron chi connectivity index (χ0n) is 8.85. The van der Waals surface area contributed by atoms with Gasteiger partial charge in [0.2, 0.25) is 0 Å². The Morgan fingerprint density at radius 3 is 2.47 bits per heavy atom. The average molecular weight is 208 g/mol. The fourth-order valence-corrected chi connectivity index (χ4v) is 1.08. The fraction of sp³-hybridized carbons (Fsp3) is 0.400. The number of aldehydes is 1. The number of esters is 1. The van der Waals surface area contributed by atoms with Crippen LogP contribution in [-0.2, 0) is 14.9 Å². The number of rotatable bonds is 3. The molecule has 1 aromatic rings. The Bertz CT molecular complexity index is 371. The van der Waals surface area contributed by atoms with Crippen LogP contribution in [0.15, 0.2) is 12.4 Å². The van der Waals surface area contributed by atoms with Crippen LogP contribution >= 0.6 is 0 Å². The van der Waals surface area contributed by atoms with Crippen molar-refractivity contribution in [2.45, 2.75) is 19.3 Å². The van der Waals surface area contributed by atoms with Gasteiger partial charge in [-0.1, -0.05) is 0 Å². The van der Waals surface area contributed by atoms with E-state index in [0.29, 0.717) is 12.0 Å². The molecule has 0 aliphatic rings. The summed E-state index contributed by atoms with van der Waals surface area (Å²) in [5, 5.41) is 0. The molecule has 15 heavy (non-hydrogen) atoms. The maximum Gasteiger partial charge on any atom is 0.317 e. The summed E-state index contributed by atoms with van der Waals surface area (Å²) in [5.74, 6) is -0.393. The molecule has 0 amide bonds. The quantitative estimate of drug-likeness (QED) is 0.541. The first-order valence-electron chi connectivity index (χ1n) is 4.38. The van der Waals surface area contributed by atoms with Gasteiger partial charge in [-0.25, -0.2) is 4.98 Å². The molecule has 1 rings (SSSR count). The first-order valence-corrected chi connectivity index (χ1v) is 4.38. The average Bonchev–Trinajstić information content (AvgIpc) is 2.28. The lowest BCUT2D eigenvalue weighted by Crippen LogP contribution is -2.31. The summed E-state index contributed by atoms with van der Waals surface area (Å²) in [6.07, 6.45) is 3.33. The van der Waals surface area contributed by atoms with Crippen molar-refractivity contribution in [1.82, 2.24) is 9.97 Å². The van der Waals surface area contributed by atoms with Crippen molar-refractivity contribution in [3.63, 3.8) is 0 Å². The zero-order chi connectivity index (χ0) is 11.5. The Labute approximate surface area is 87.5 Å². The van der Waals surface area contributed by atoms with Crippen LogP contribution in [0.3, 0.4) is 0 Å². The molecular formula is C10H12N2O3. The molecule has 1 heterocycles. The third-order valence-corrected chi connectivity index (χ3v) is 2.13. The molecule has 0 saturated carbocycles. The largest absolute Gasteiger partial charge is 0.468 e. The van der Waals surface area contributed by atoms with Crippen LogP contribution in [0.2, 0.25) is 0 Å². The van der Waals surface area contributed by atoms with Crippen LogP contribution in [0, 0.1) is 0 Å². The first-order chi connectivity index (χ1) is 7.02. The first kappa shape index (κ1) is 11.3. The summed E-state index contributed by atoms with van der Waals surface area (Å²) in [6, 6.07) is 0. The van der Waals surface area contributed by atoms with Gasteiger partial charge in [0.25, 0.3) is 0 Å². The van der Waals surface area contributed by atoms with E-state index in [-0.39, 0.29) is 5.69 Å². The van der Waals surface area contributed by atoms with Crippen molar-refractivity contribution >= 4 is 12.3 Å². The van der Waals surface area contributed by atoms with E-state index in [9.17, 15) is 9.59 Å². The van der Waals surface area contributed by atoms with Crippen LogP contribution in [0.25, 0.3) is 0 Å². The van der Waals surface area contributed by atoms with Crippen molar-refractivity contribution < 1.29 is 14.3 Å². The number of aromatic nitrogens is 2. The van der Waals surface area contributed by atoms with Crippen molar-refractivity contribution in [2.75, 3.05) is 7.11 Å². The second-order valence-electron chi connectivity index (χ2n) is 3.56. The van der Waals surface area contributed by atoms with Gasteiger partial charge in [-0.2, -0.15) is 0 Å². The third kappa shape index (κ3) is 2.18. The Balaban J connectivity index is 3.05. The predicted molar refractivity (Wildman–Crippen MR) is 52.5 cm³/mol. The molecule has 5 heteroatoms. The molecule has 0 unspecified atom stereocenters. The summed E-state index contributed by atoms with van der Waals surface area (Å²) in [7, 11) is 1.32. The lowest BCUT2D eigenvalue weighted by atomic mass is 9.90. The molecule has 5 nitrogen and oxygen atoms in total. The molecule has 0 radical (unpaired) electrons. The van der Waals surface area contributed by atoms with Gasteiger partial charge >= 0.3 is 5.97 Å². The van der Waals surface area contributed by atoms with E-state index in [2.05, 4.69) is 14.7 Å². The van der Waals surface area contributed by atoms with Crippen LogP contribution in [0.5, 0.6) is 0 Å². The molecule has 0 spiro atoms. The molecule has 0 aliphatic heterocycles. The molecule has 0 N–H and O–H groups in total. The molecule has 0 aliphatic carbocycles. The van der Waals surface area contributed by atoms with Gasteiger partial charge in [-0.3, -0.25) is 14.6 Å². The number of carbonyl (C=O) groups excluding carboxylic acids is 2. The molecule has 0 aromatic carbocycles. The third-order valence-electron chi connectivity index (χ3n) is 2.13. The second kappa shape index (κ2) is 4.16. The highest BCUT2D eigenvalue weighted by molar-refractivity contribution is 5.81. The minimum atomic E-state index is -0.858. The van der Waals surface area contributed by atoms with Crippen molar-refractivity contribution in [2.24, 2.45) is 0 Å². The summed E-state index contributed by atoms with van der Waals surface area (Å²) in [5.41, 5.74) is -0.150. The SMILES string of the molecule is COC(=O)C(C)(C)c1cnc(C=O)cn1. The maximum absolute atomic E-state index is 11.4. The van der Waals surface area contributed by atoms with Gasteiger partial charge in [0.1, 0.15) is 11.1 Å². The number of hydrogen-bond acceptors (Lipinski definition) is 5. The Kier molecular flexibility index (Phi) is 3.14. The van der Waals surface area contributed by atoms with Crippen LogP contribution in [0.1, 0.15) is 30.0 Å². The number of nitrogens with zero attached hydrogens (tertiary/aromatic N) is 2. The minimum absolute atomic E-state index is 0.236. The van der Waals surface area contributed by atoms with Gasteiger partial charge in [-0.15, -0.1) is 0 Å². The minimum Gasteiger partial charge on any atom is -0.468 e. The highest BCUT2D eigenvalue weighted by atomic mass is 16.5. The van der Waals surface area contributed by atoms with Crippen molar-refractivity contribution in [3.8, 4) is 0 Å². The molecule has 80 valence electrons. The summed E-state index contributed by atoms with van der Waals surface area (Å²) >= 11 is 0. The van der Waals surface area contributed by atoms with E-state index in [1.54, 1.807) is 13.8 Å². The Morgan fingerprint density at radius 2 is 2.07 bits per heavy atom. The van der Waals surface area contributed by atoms with E-state index in [0.717, 1.165) is 0 Å². The Morgan fingerprint density at radius 1 is 1.40 bits per heavy atom. The number of carbonyl (C=O) groups is 2. The summed E-state index contributed by atoms with van der Waals surface area (Å²) < 4.78 is 4.65. The van der Waals surface area contributed by atoms with Crippen molar-refractivity contribution in [1.29, 1.82) is 0 Å². The summed E-state index contributed by atoms with van der Waals surface area (Å²) in [4.78, 5) is 29.6. The smallest absolute Gasteiger partial charge is 0.317 e. The van der Waals surface area contributed by atoms with E-state index in [4.69, 9.17) is 0 Å². The molecule has 0 fully saturated rings. The highest BCUT2D eigenvalue weighted by Crippen LogP contribution is 2.21. The standard InChI is InChI=1S/C10H12N2O3/c1-10(2,9(14)15-3)8-5-11-7(6-13)4-12-8/h4-6H,1-3H3. The van der Waals surface area contributed by atoms with E-state index < -0.39 is 11.4 Å². The van der Waals surface area contributed by atoms with Gasteiger partial charge in [-0.05, 0) is 13.8 Å². The van der Waals surface area contributed by atoms with Gasteiger partial charge in [0, 0.05) is 0 Å². The van der Waals surface area contributed by atoms with Crippen LogP contribution < -0.4 is 0 Å². The van der Waals surface area contributed by atoms with E-state index >= 15 is 0 Å². The lowest BCUT2D eigenvalue weighted by molar-refractivity contribution is -0.146. The molecular weight excluding hydrogens is 196 g/mol. The molecule has 0 atom stereocenters. The molecule has 0 saturated heterocycles. The molecule has 1 aromatic heterocycles. The fourth-order valence-electron chi connectivity index (χ4n) is 1.08. The van der Waals surface area contributed by atoms with Crippen molar-refractivity contribution in [3.05, 3.63) is 23.8 Å². The number of methoxy groups -OCH3 is 1. The van der Waals surface area contributed by atoms with Crippen LogP contribution in [0.4, 0.5) is 0 Å². The second-order valence-corrected chi connectivity index (χ2v) is 3.56. The monoisotopic (exact) mass is 208 g/mol. The Hall–Kier alpha value is -1.78. The highest BCUT2D eigenvalue weighted by Gasteiger charge is 2.32. The number of ether oxygens (including phenoxy) is 1.